The Morgan fingerprint density at radius 1 is 1.06 bits per heavy atom. The third-order valence-corrected chi connectivity index (χ3v) is 5.33. The Labute approximate surface area is 113 Å². The molecule has 1 saturated carbocycles. The van der Waals surface area contributed by atoms with Crippen LogP contribution in [0.3, 0.4) is 0 Å². The number of nitrogens with zero attached hydrogens (tertiary/aromatic N) is 1. The molecule has 0 bridgehead atoms. The van der Waals surface area contributed by atoms with Crippen LogP contribution in [0.2, 0.25) is 0 Å². The van der Waals surface area contributed by atoms with Gasteiger partial charge in [0.15, 0.2) is 0 Å². The van der Waals surface area contributed by atoms with Crippen molar-refractivity contribution >= 4 is 11.3 Å². The third-order valence-electron chi connectivity index (χ3n) is 4.30. The number of hydrogen-bond acceptors (Lipinski definition) is 4. The Bertz CT molecular complexity index is 379. The number of aromatic nitrogens is 1. The Morgan fingerprint density at radius 2 is 1.78 bits per heavy atom. The largest absolute Gasteiger partial charge is 0.381 e. The van der Waals surface area contributed by atoms with Gasteiger partial charge in [-0.1, -0.05) is 0 Å². The fourth-order valence-electron chi connectivity index (χ4n) is 3.04. The number of ether oxygens (including phenoxy) is 1. The molecule has 0 unspecified atom stereocenters. The molecule has 0 atom stereocenters. The normalized spacial score (nSPS) is 30.5. The molecule has 2 heterocycles. The van der Waals surface area contributed by atoms with E-state index in [1.807, 2.05) is 11.3 Å². The minimum Gasteiger partial charge on any atom is -0.381 e. The Hall–Kier alpha value is -0.450. The molecule has 3 rings (SSSR count). The summed E-state index contributed by atoms with van der Waals surface area (Å²) in [5.41, 5.74) is 7.28. The van der Waals surface area contributed by atoms with Crippen LogP contribution in [-0.2, 0) is 4.74 Å². The molecule has 1 aromatic heterocycles. The number of nitrogens with two attached hydrogens (primary N) is 1. The van der Waals surface area contributed by atoms with Crippen molar-refractivity contribution in [2.45, 2.75) is 56.4 Å². The van der Waals surface area contributed by atoms with Gasteiger partial charge in [0, 0.05) is 36.5 Å². The maximum atomic E-state index is 5.97. The summed E-state index contributed by atoms with van der Waals surface area (Å²) in [6, 6.07) is 0.427. The minimum atomic E-state index is 0.427. The molecule has 1 aromatic rings. The van der Waals surface area contributed by atoms with Crippen molar-refractivity contribution in [3.8, 4) is 0 Å². The lowest BCUT2D eigenvalue weighted by Crippen LogP contribution is -2.25. The summed E-state index contributed by atoms with van der Waals surface area (Å²) in [4.78, 5) is 4.90. The van der Waals surface area contributed by atoms with Crippen LogP contribution in [0.15, 0.2) is 5.38 Å². The first-order valence-electron chi connectivity index (χ1n) is 7.11. The van der Waals surface area contributed by atoms with E-state index in [-0.39, 0.29) is 0 Å². The van der Waals surface area contributed by atoms with Crippen LogP contribution >= 0.6 is 11.3 Å². The van der Waals surface area contributed by atoms with Crippen molar-refractivity contribution in [1.82, 2.24) is 4.98 Å². The van der Waals surface area contributed by atoms with Gasteiger partial charge in [0.1, 0.15) is 0 Å². The summed E-state index contributed by atoms with van der Waals surface area (Å²) in [6.45, 7) is 1.80. The Kier molecular flexibility index (Phi) is 3.97. The maximum Gasteiger partial charge on any atom is 0.0959 e. The summed E-state index contributed by atoms with van der Waals surface area (Å²) >= 11 is 1.86. The van der Waals surface area contributed by atoms with E-state index in [9.17, 15) is 0 Å². The van der Waals surface area contributed by atoms with Crippen molar-refractivity contribution in [2.75, 3.05) is 13.2 Å². The topological polar surface area (TPSA) is 48.1 Å². The van der Waals surface area contributed by atoms with E-state index < -0.39 is 0 Å². The van der Waals surface area contributed by atoms with Gasteiger partial charge < -0.3 is 10.5 Å². The quantitative estimate of drug-likeness (QED) is 0.895. The van der Waals surface area contributed by atoms with Crippen LogP contribution in [0.25, 0.3) is 0 Å². The molecular weight excluding hydrogens is 244 g/mol. The van der Waals surface area contributed by atoms with E-state index in [4.69, 9.17) is 15.5 Å². The summed E-state index contributed by atoms with van der Waals surface area (Å²) in [5.74, 6) is 1.30. The molecule has 3 nitrogen and oxygen atoms in total. The van der Waals surface area contributed by atoms with Gasteiger partial charge in [-0.3, -0.25) is 0 Å². The van der Waals surface area contributed by atoms with E-state index in [1.165, 1.54) is 23.5 Å². The average molecular weight is 266 g/mol. The van der Waals surface area contributed by atoms with E-state index in [1.54, 1.807) is 0 Å². The van der Waals surface area contributed by atoms with Crippen LogP contribution in [0.1, 0.15) is 61.1 Å². The van der Waals surface area contributed by atoms with Gasteiger partial charge in [-0.2, -0.15) is 0 Å². The molecule has 0 spiro atoms. The highest BCUT2D eigenvalue weighted by molar-refractivity contribution is 7.09. The number of thiazole rings is 1. The van der Waals surface area contributed by atoms with Crippen molar-refractivity contribution in [3.63, 3.8) is 0 Å². The van der Waals surface area contributed by atoms with Gasteiger partial charge in [-0.15, -0.1) is 11.3 Å². The molecule has 100 valence electrons. The molecule has 18 heavy (non-hydrogen) atoms. The molecule has 0 aromatic carbocycles. The molecule has 2 N–H and O–H groups in total. The van der Waals surface area contributed by atoms with Crippen molar-refractivity contribution in [2.24, 2.45) is 5.73 Å². The molecule has 0 radical (unpaired) electrons. The van der Waals surface area contributed by atoms with Gasteiger partial charge in [0.2, 0.25) is 0 Å². The molecule has 1 aliphatic heterocycles. The molecule has 0 amide bonds. The molecule has 2 aliphatic rings. The first-order chi connectivity index (χ1) is 8.83. The van der Waals surface area contributed by atoms with Crippen molar-refractivity contribution in [3.05, 3.63) is 16.1 Å². The standard InChI is InChI=1S/C14H22N2OS/c15-12-3-1-11(2-4-12)14-16-13(9-18-14)10-5-7-17-8-6-10/h9-12H,1-8,15H2. The maximum absolute atomic E-state index is 5.97. The zero-order chi connectivity index (χ0) is 12.4. The van der Waals surface area contributed by atoms with Gasteiger partial charge in [0.25, 0.3) is 0 Å². The Balaban J connectivity index is 1.65. The average Bonchev–Trinajstić information content (AvgIpc) is 2.90. The lowest BCUT2D eigenvalue weighted by Gasteiger charge is -2.24. The highest BCUT2D eigenvalue weighted by Crippen LogP contribution is 2.36. The highest BCUT2D eigenvalue weighted by atomic mass is 32.1. The molecule has 2 fully saturated rings. The first-order valence-corrected chi connectivity index (χ1v) is 7.99. The minimum absolute atomic E-state index is 0.427. The summed E-state index contributed by atoms with van der Waals surface area (Å²) < 4.78 is 5.42. The van der Waals surface area contributed by atoms with Crippen LogP contribution in [0.5, 0.6) is 0 Å². The van der Waals surface area contributed by atoms with Crippen molar-refractivity contribution in [1.29, 1.82) is 0 Å². The number of rotatable bonds is 2. The van der Waals surface area contributed by atoms with Crippen LogP contribution in [0.4, 0.5) is 0 Å². The lowest BCUT2D eigenvalue weighted by molar-refractivity contribution is 0.0846. The molecule has 1 aliphatic carbocycles. The zero-order valence-electron chi connectivity index (χ0n) is 10.8. The van der Waals surface area contributed by atoms with Crippen molar-refractivity contribution < 1.29 is 4.74 Å². The van der Waals surface area contributed by atoms with Crippen LogP contribution < -0.4 is 5.73 Å². The van der Waals surface area contributed by atoms with E-state index in [0.717, 1.165) is 38.9 Å². The molecular formula is C14H22N2OS. The van der Waals surface area contributed by atoms with Gasteiger partial charge in [0.05, 0.1) is 10.7 Å². The monoisotopic (exact) mass is 266 g/mol. The summed E-state index contributed by atoms with van der Waals surface area (Å²) in [7, 11) is 0. The van der Waals surface area contributed by atoms with Gasteiger partial charge in [-0.05, 0) is 38.5 Å². The second-order valence-electron chi connectivity index (χ2n) is 5.61. The summed E-state index contributed by atoms with van der Waals surface area (Å²) in [5, 5.41) is 3.63. The second kappa shape index (κ2) is 5.68. The van der Waals surface area contributed by atoms with Gasteiger partial charge >= 0.3 is 0 Å². The zero-order valence-corrected chi connectivity index (χ0v) is 11.6. The predicted octanol–water partition coefficient (Wildman–Crippen LogP) is 3.02. The van der Waals surface area contributed by atoms with Crippen LogP contribution in [-0.4, -0.2) is 24.2 Å². The molecule has 1 saturated heterocycles. The number of hydrogen-bond donors (Lipinski definition) is 1. The van der Waals surface area contributed by atoms with Gasteiger partial charge in [-0.25, -0.2) is 4.98 Å². The fraction of sp³-hybridized carbons (Fsp3) is 0.786. The smallest absolute Gasteiger partial charge is 0.0959 e. The third kappa shape index (κ3) is 2.76. The van der Waals surface area contributed by atoms with Crippen LogP contribution in [0, 0.1) is 0 Å². The lowest BCUT2D eigenvalue weighted by atomic mass is 9.87. The molecule has 4 heteroatoms. The van der Waals surface area contributed by atoms with E-state index in [0.29, 0.717) is 17.9 Å². The Morgan fingerprint density at radius 3 is 2.50 bits per heavy atom. The summed E-state index contributed by atoms with van der Waals surface area (Å²) in [6.07, 6.45) is 7.05. The van der Waals surface area contributed by atoms with E-state index >= 15 is 0 Å². The predicted molar refractivity (Wildman–Crippen MR) is 74.1 cm³/mol. The second-order valence-corrected chi connectivity index (χ2v) is 6.50. The highest BCUT2D eigenvalue weighted by Gasteiger charge is 2.24. The van der Waals surface area contributed by atoms with E-state index in [2.05, 4.69) is 5.38 Å². The fourth-order valence-corrected chi connectivity index (χ4v) is 4.11. The first kappa shape index (κ1) is 12.6. The SMILES string of the molecule is NC1CCC(c2nc(C3CCOCC3)cs2)CC1.